The van der Waals surface area contributed by atoms with Crippen LogP contribution in [0.5, 0.6) is 0 Å². The molecule has 0 radical (unpaired) electrons. The minimum absolute atomic E-state index is 0.00536. The molecule has 2 aliphatic heterocycles. The molecule has 0 spiro atoms. The van der Waals surface area contributed by atoms with E-state index in [1.54, 1.807) is 0 Å². The minimum atomic E-state index is -0.376. The van der Waals surface area contributed by atoms with Crippen LogP contribution in [0, 0.1) is 0 Å². The fraction of sp³-hybridized carbons (Fsp3) is 0.619. The summed E-state index contributed by atoms with van der Waals surface area (Å²) in [6.45, 7) is 4.18. The lowest BCUT2D eigenvalue weighted by atomic mass is 9.87. The Balaban J connectivity index is 1.25. The molecule has 0 unspecified atom stereocenters. The summed E-state index contributed by atoms with van der Waals surface area (Å²) in [7, 11) is 0. The molecule has 1 aromatic carbocycles. The summed E-state index contributed by atoms with van der Waals surface area (Å²) in [6, 6.07) is 10.6. The number of fused-ring (bicyclic) bond motifs is 1. The molecule has 2 amide bonds. The number of carbonyl (C=O) groups excluding carboxylic acids is 2. The van der Waals surface area contributed by atoms with Crippen molar-refractivity contribution in [1.82, 2.24) is 20.4 Å². The Kier molecular flexibility index (Phi) is 5.74. The van der Waals surface area contributed by atoms with E-state index in [0.717, 1.165) is 45.6 Å². The molecule has 2 N–H and O–H groups in total. The van der Waals surface area contributed by atoms with Crippen LogP contribution in [0.25, 0.3) is 0 Å². The first-order valence-electron chi connectivity index (χ1n) is 10.3. The molecule has 0 aromatic heterocycles. The van der Waals surface area contributed by atoms with E-state index in [9.17, 15) is 9.59 Å². The van der Waals surface area contributed by atoms with E-state index >= 15 is 0 Å². The molecule has 1 aromatic rings. The van der Waals surface area contributed by atoms with Crippen molar-refractivity contribution in [3.63, 3.8) is 0 Å². The van der Waals surface area contributed by atoms with Crippen molar-refractivity contribution < 1.29 is 9.59 Å². The first kappa shape index (κ1) is 18.4. The summed E-state index contributed by atoms with van der Waals surface area (Å²) in [5.41, 5.74) is 1.31. The monoisotopic (exact) mass is 370 g/mol. The second-order valence-corrected chi connectivity index (χ2v) is 8.07. The summed E-state index contributed by atoms with van der Waals surface area (Å²) in [5, 5.41) is 6.58. The highest BCUT2D eigenvalue weighted by Crippen LogP contribution is 2.22. The highest BCUT2D eigenvalue weighted by Gasteiger charge is 2.37. The maximum absolute atomic E-state index is 12.7. The number of hydrogen-bond acceptors (Lipinski definition) is 4. The quantitative estimate of drug-likeness (QED) is 0.834. The number of hydrogen-bond donors (Lipinski definition) is 2. The summed E-state index contributed by atoms with van der Waals surface area (Å²) >= 11 is 0. The zero-order valence-electron chi connectivity index (χ0n) is 15.9. The van der Waals surface area contributed by atoms with Gasteiger partial charge in [-0.15, -0.1) is 0 Å². The molecule has 146 valence electrons. The second-order valence-electron chi connectivity index (χ2n) is 8.07. The van der Waals surface area contributed by atoms with Crippen LogP contribution in [0.3, 0.4) is 0 Å². The van der Waals surface area contributed by atoms with Gasteiger partial charge in [-0.25, -0.2) is 0 Å². The van der Waals surface area contributed by atoms with E-state index in [1.807, 2.05) is 11.0 Å². The van der Waals surface area contributed by atoms with Gasteiger partial charge in [0.15, 0.2) is 0 Å². The Bertz CT molecular complexity index is 657. The van der Waals surface area contributed by atoms with Crippen LogP contribution in [0.4, 0.5) is 0 Å². The lowest BCUT2D eigenvalue weighted by Gasteiger charge is -2.41. The first-order chi connectivity index (χ1) is 13.2. The van der Waals surface area contributed by atoms with Gasteiger partial charge in [-0.1, -0.05) is 43.2 Å². The van der Waals surface area contributed by atoms with Crippen LogP contribution in [-0.4, -0.2) is 65.9 Å². The van der Waals surface area contributed by atoms with Crippen molar-refractivity contribution >= 4 is 11.8 Å². The minimum Gasteiger partial charge on any atom is -0.350 e. The van der Waals surface area contributed by atoms with Crippen molar-refractivity contribution in [2.45, 2.75) is 56.8 Å². The van der Waals surface area contributed by atoms with Crippen LogP contribution in [0.2, 0.25) is 0 Å². The summed E-state index contributed by atoms with van der Waals surface area (Å²) < 4.78 is 0. The molecule has 6 nitrogen and oxygen atoms in total. The van der Waals surface area contributed by atoms with Crippen molar-refractivity contribution in [3.8, 4) is 0 Å². The maximum Gasteiger partial charge on any atom is 0.237 e. The number of amides is 2. The first-order valence-corrected chi connectivity index (χ1v) is 10.3. The van der Waals surface area contributed by atoms with Gasteiger partial charge in [-0.2, -0.15) is 0 Å². The summed E-state index contributed by atoms with van der Waals surface area (Å²) in [6.07, 6.45) is 4.79. The number of carbonyl (C=O) groups is 2. The zero-order chi connectivity index (χ0) is 18.6. The standard InChI is InChI=1S/C21H30N4O2/c26-20(14-19-21(27)23-18-9-5-4-8-17(18)22-19)25-12-10-24(11-13-25)15-16-6-2-1-3-7-16/h1-3,6-7,17-19,22H,4-5,8-15H2,(H,23,27)/t17-,18-,19-/m0/s1. The van der Waals surface area contributed by atoms with Gasteiger partial charge in [0.05, 0.1) is 12.5 Å². The number of nitrogens with zero attached hydrogens (tertiary/aromatic N) is 2. The molecular formula is C21H30N4O2. The largest absolute Gasteiger partial charge is 0.350 e. The molecule has 4 rings (SSSR count). The topological polar surface area (TPSA) is 64.7 Å². The molecule has 3 aliphatic rings. The predicted molar refractivity (Wildman–Crippen MR) is 104 cm³/mol. The van der Waals surface area contributed by atoms with E-state index in [4.69, 9.17) is 0 Å². The number of nitrogens with one attached hydrogen (secondary N) is 2. The van der Waals surface area contributed by atoms with E-state index in [-0.39, 0.29) is 30.3 Å². The molecule has 6 heteroatoms. The molecule has 3 fully saturated rings. The SMILES string of the molecule is O=C1N[C@H]2CCCC[C@@H]2N[C@H]1CC(=O)N1CCN(Cc2ccccc2)CC1. The number of rotatable bonds is 4. The van der Waals surface area contributed by atoms with E-state index in [2.05, 4.69) is 39.8 Å². The highest BCUT2D eigenvalue weighted by molar-refractivity contribution is 5.89. The van der Waals surface area contributed by atoms with Crippen LogP contribution in [0.15, 0.2) is 30.3 Å². The van der Waals surface area contributed by atoms with Gasteiger partial charge >= 0.3 is 0 Å². The molecule has 0 bridgehead atoms. The molecule has 1 saturated carbocycles. The highest BCUT2D eigenvalue weighted by atomic mass is 16.2. The van der Waals surface area contributed by atoms with Crippen LogP contribution >= 0.6 is 0 Å². The Morgan fingerprint density at radius 2 is 1.70 bits per heavy atom. The molecule has 2 heterocycles. The molecule has 1 aliphatic carbocycles. The average molecular weight is 370 g/mol. The van der Waals surface area contributed by atoms with Gasteiger partial charge in [-0.3, -0.25) is 14.5 Å². The molecule has 2 saturated heterocycles. The van der Waals surface area contributed by atoms with Gasteiger partial charge in [-0.05, 0) is 18.4 Å². The molecular weight excluding hydrogens is 340 g/mol. The van der Waals surface area contributed by atoms with Crippen molar-refractivity contribution in [2.75, 3.05) is 26.2 Å². The zero-order valence-corrected chi connectivity index (χ0v) is 15.9. The molecule has 27 heavy (non-hydrogen) atoms. The fourth-order valence-electron chi connectivity index (χ4n) is 4.57. The lowest BCUT2D eigenvalue weighted by molar-refractivity contribution is -0.137. The van der Waals surface area contributed by atoms with E-state index in [1.165, 1.54) is 18.4 Å². The predicted octanol–water partition coefficient (Wildman–Crippen LogP) is 1.12. The fourth-order valence-corrected chi connectivity index (χ4v) is 4.57. The Hall–Kier alpha value is -1.92. The average Bonchev–Trinajstić information content (AvgIpc) is 2.70. The third-order valence-electron chi connectivity index (χ3n) is 6.18. The third-order valence-corrected chi connectivity index (χ3v) is 6.18. The van der Waals surface area contributed by atoms with Gasteiger partial charge in [0.2, 0.25) is 11.8 Å². The molecule has 3 atom stereocenters. The van der Waals surface area contributed by atoms with Gasteiger partial charge in [0.25, 0.3) is 0 Å². The van der Waals surface area contributed by atoms with Crippen molar-refractivity contribution in [3.05, 3.63) is 35.9 Å². The number of benzene rings is 1. The summed E-state index contributed by atoms with van der Waals surface area (Å²) in [4.78, 5) is 29.4. The van der Waals surface area contributed by atoms with Crippen molar-refractivity contribution in [1.29, 1.82) is 0 Å². The Morgan fingerprint density at radius 1 is 1.00 bits per heavy atom. The van der Waals surface area contributed by atoms with Crippen LogP contribution < -0.4 is 10.6 Å². The van der Waals surface area contributed by atoms with Crippen LogP contribution in [-0.2, 0) is 16.1 Å². The third kappa shape index (κ3) is 4.50. The van der Waals surface area contributed by atoms with E-state index < -0.39 is 0 Å². The number of piperazine rings is 2. The van der Waals surface area contributed by atoms with Gasteiger partial charge < -0.3 is 15.5 Å². The second kappa shape index (κ2) is 8.40. The van der Waals surface area contributed by atoms with Gasteiger partial charge in [0, 0.05) is 44.8 Å². The summed E-state index contributed by atoms with van der Waals surface area (Å²) in [5.74, 6) is 0.0884. The smallest absolute Gasteiger partial charge is 0.237 e. The lowest BCUT2D eigenvalue weighted by Crippen LogP contribution is -2.65. The van der Waals surface area contributed by atoms with E-state index in [0.29, 0.717) is 6.04 Å². The van der Waals surface area contributed by atoms with Gasteiger partial charge in [0.1, 0.15) is 0 Å². The normalized spacial score (nSPS) is 29.1. The Labute approximate surface area is 161 Å². The van der Waals surface area contributed by atoms with Crippen molar-refractivity contribution in [2.24, 2.45) is 0 Å². The van der Waals surface area contributed by atoms with Crippen LogP contribution in [0.1, 0.15) is 37.7 Å². The maximum atomic E-state index is 12.7. The Morgan fingerprint density at radius 3 is 2.44 bits per heavy atom.